The Hall–Kier alpha value is -1.50. The quantitative estimate of drug-likeness (QED) is 0.474. The molecule has 0 fully saturated rings. The third-order valence-corrected chi connectivity index (χ3v) is 2.82. The highest BCUT2D eigenvalue weighted by atomic mass is 14.9. The fraction of sp³-hybridized carbons (Fsp3) is 0.375. The molecule has 1 rings (SSSR count). The van der Waals surface area contributed by atoms with Gasteiger partial charge in [0.2, 0.25) is 0 Å². The second-order valence-corrected chi connectivity index (χ2v) is 4.32. The summed E-state index contributed by atoms with van der Waals surface area (Å²) in [5.74, 6) is 0. The summed E-state index contributed by atoms with van der Waals surface area (Å²) in [4.78, 5) is 0. The van der Waals surface area contributed by atoms with E-state index in [0.29, 0.717) is 0 Å². The maximum Gasteiger partial charge on any atom is 0.0340 e. The smallest absolute Gasteiger partial charge is 0.0340 e. The highest BCUT2D eigenvalue weighted by molar-refractivity contribution is 5.42. The van der Waals surface area contributed by atoms with Crippen molar-refractivity contribution in [1.29, 1.82) is 0 Å². The van der Waals surface area contributed by atoms with Gasteiger partial charge in [-0.1, -0.05) is 55.8 Å². The van der Waals surface area contributed by atoms with Gasteiger partial charge in [0.25, 0.3) is 0 Å². The lowest BCUT2D eigenvalue weighted by molar-refractivity contribution is 0.656. The number of hydrogen-bond donors (Lipinski definition) is 1. The average molecular weight is 229 g/mol. The molecule has 92 valence electrons. The molecule has 0 aliphatic carbocycles. The zero-order valence-corrected chi connectivity index (χ0v) is 10.6. The van der Waals surface area contributed by atoms with Crippen LogP contribution < -0.4 is 5.32 Å². The molecule has 0 aromatic heterocycles. The summed E-state index contributed by atoms with van der Waals surface area (Å²) in [6.45, 7) is 8.69. The summed E-state index contributed by atoms with van der Waals surface area (Å²) in [6.07, 6.45) is 7.98. The van der Waals surface area contributed by atoms with Crippen molar-refractivity contribution >= 4 is 5.69 Å². The molecule has 0 aliphatic rings. The highest BCUT2D eigenvalue weighted by Crippen LogP contribution is 2.10. The van der Waals surface area contributed by atoms with Gasteiger partial charge in [-0.2, -0.15) is 0 Å². The van der Waals surface area contributed by atoms with Gasteiger partial charge in [-0.05, 0) is 31.4 Å². The first-order valence-electron chi connectivity index (χ1n) is 6.42. The number of rotatable bonds is 9. The molecule has 0 radical (unpaired) electrons. The van der Waals surface area contributed by atoms with E-state index in [1.165, 1.54) is 31.4 Å². The van der Waals surface area contributed by atoms with Crippen molar-refractivity contribution < 1.29 is 0 Å². The maximum absolute atomic E-state index is 3.92. The lowest BCUT2D eigenvalue weighted by Gasteiger charge is -2.05. The molecule has 0 unspecified atom stereocenters. The number of nitrogens with one attached hydrogen (secondary N) is 1. The molecule has 1 heteroatoms. The number of unbranched alkanes of at least 4 members (excludes halogenated alkanes) is 3. The number of anilines is 1. The summed E-state index contributed by atoms with van der Waals surface area (Å²) in [6, 6.07) is 10.4. The van der Waals surface area contributed by atoms with Crippen molar-refractivity contribution in [1.82, 2.24) is 0 Å². The van der Waals surface area contributed by atoms with Gasteiger partial charge in [0.05, 0.1) is 0 Å². The zero-order valence-electron chi connectivity index (χ0n) is 10.6. The molecule has 1 nitrogen and oxygen atoms in total. The summed E-state index contributed by atoms with van der Waals surface area (Å²) in [7, 11) is 0. The minimum absolute atomic E-state index is 1.06. The van der Waals surface area contributed by atoms with Gasteiger partial charge >= 0.3 is 0 Å². The van der Waals surface area contributed by atoms with Crippen LogP contribution in [0, 0.1) is 0 Å². The Morgan fingerprint density at radius 2 is 1.76 bits per heavy atom. The van der Waals surface area contributed by atoms with Crippen LogP contribution in [0.1, 0.15) is 32.1 Å². The van der Waals surface area contributed by atoms with Gasteiger partial charge < -0.3 is 5.32 Å². The Morgan fingerprint density at radius 3 is 2.47 bits per heavy atom. The van der Waals surface area contributed by atoms with E-state index in [2.05, 4.69) is 42.7 Å². The van der Waals surface area contributed by atoms with Crippen molar-refractivity contribution in [2.24, 2.45) is 0 Å². The van der Waals surface area contributed by atoms with E-state index < -0.39 is 0 Å². The van der Waals surface area contributed by atoms with E-state index in [4.69, 9.17) is 0 Å². The second-order valence-electron chi connectivity index (χ2n) is 4.32. The van der Waals surface area contributed by atoms with Crippen LogP contribution in [0.15, 0.2) is 55.1 Å². The molecule has 0 aliphatic heterocycles. The standard InChI is InChI=1S/C16H23N/c1-3-15(2)11-7-4-5-10-14-17-16-12-8-6-9-13-16/h3,6,8-9,12-13,17H,1-2,4-5,7,10-11,14H2. The summed E-state index contributed by atoms with van der Waals surface area (Å²) >= 11 is 0. The predicted molar refractivity (Wildman–Crippen MR) is 77.4 cm³/mol. The van der Waals surface area contributed by atoms with Crippen molar-refractivity contribution in [2.75, 3.05) is 11.9 Å². The fourth-order valence-electron chi connectivity index (χ4n) is 1.72. The van der Waals surface area contributed by atoms with E-state index >= 15 is 0 Å². The van der Waals surface area contributed by atoms with Crippen LogP contribution in [0.25, 0.3) is 0 Å². The normalized spacial score (nSPS) is 9.88. The van der Waals surface area contributed by atoms with Gasteiger partial charge in [-0.3, -0.25) is 0 Å². The van der Waals surface area contributed by atoms with E-state index in [1.807, 2.05) is 12.1 Å². The van der Waals surface area contributed by atoms with Crippen LogP contribution in [-0.2, 0) is 0 Å². The van der Waals surface area contributed by atoms with Crippen LogP contribution in [0.5, 0.6) is 0 Å². The summed E-state index contributed by atoms with van der Waals surface area (Å²) < 4.78 is 0. The van der Waals surface area contributed by atoms with Crippen LogP contribution in [0.4, 0.5) is 5.69 Å². The van der Waals surface area contributed by atoms with E-state index in [1.54, 1.807) is 0 Å². The van der Waals surface area contributed by atoms with E-state index in [0.717, 1.165) is 18.5 Å². The molecule has 0 spiro atoms. The number of para-hydroxylation sites is 1. The zero-order chi connectivity index (χ0) is 12.3. The van der Waals surface area contributed by atoms with Crippen LogP contribution in [0.3, 0.4) is 0 Å². The Balaban J connectivity index is 1.95. The molecule has 0 atom stereocenters. The Labute approximate surface area is 105 Å². The second kappa shape index (κ2) is 8.63. The first kappa shape index (κ1) is 13.6. The van der Waals surface area contributed by atoms with E-state index in [9.17, 15) is 0 Å². The third-order valence-electron chi connectivity index (χ3n) is 2.82. The van der Waals surface area contributed by atoms with Crippen LogP contribution >= 0.6 is 0 Å². The lowest BCUT2D eigenvalue weighted by atomic mass is 10.1. The molecular formula is C16H23N. The largest absolute Gasteiger partial charge is 0.385 e. The van der Waals surface area contributed by atoms with Gasteiger partial charge in [0, 0.05) is 12.2 Å². The highest BCUT2D eigenvalue weighted by Gasteiger charge is 1.92. The molecule has 17 heavy (non-hydrogen) atoms. The molecule has 1 N–H and O–H groups in total. The molecule has 0 saturated carbocycles. The number of benzene rings is 1. The lowest BCUT2D eigenvalue weighted by Crippen LogP contribution is -2.00. The molecule has 0 saturated heterocycles. The monoisotopic (exact) mass is 229 g/mol. The molecule has 1 aromatic rings. The number of hydrogen-bond acceptors (Lipinski definition) is 1. The van der Waals surface area contributed by atoms with Crippen LogP contribution in [-0.4, -0.2) is 6.54 Å². The molecule has 1 aromatic carbocycles. The van der Waals surface area contributed by atoms with Crippen molar-refractivity contribution in [3.8, 4) is 0 Å². The Bertz CT molecular complexity index is 327. The Kier molecular flexibility index (Phi) is 6.89. The summed E-state index contributed by atoms with van der Waals surface area (Å²) in [5, 5.41) is 3.42. The number of allylic oxidation sites excluding steroid dienone is 2. The Morgan fingerprint density at radius 1 is 1.06 bits per heavy atom. The fourth-order valence-corrected chi connectivity index (χ4v) is 1.72. The average Bonchev–Trinajstić information content (AvgIpc) is 2.38. The first-order valence-corrected chi connectivity index (χ1v) is 6.42. The minimum Gasteiger partial charge on any atom is -0.385 e. The van der Waals surface area contributed by atoms with Gasteiger partial charge in [0.15, 0.2) is 0 Å². The topological polar surface area (TPSA) is 12.0 Å². The van der Waals surface area contributed by atoms with E-state index in [-0.39, 0.29) is 0 Å². The molecular weight excluding hydrogens is 206 g/mol. The SMILES string of the molecule is C=CC(=C)CCCCCCNc1ccccc1. The maximum atomic E-state index is 3.92. The molecule has 0 amide bonds. The van der Waals surface area contributed by atoms with Crippen molar-refractivity contribution in [2.45, 2.75) is 32.1 Å². The summed E-state index contributed by atoms with van der Waals surface area (Å²) in [5.41, 5.74) is 2.37. The third kappa shape index (κ3) is 6.62. The van der Waals surface area contributed by atoms with Crippen molar-refractivity contribution in [3.05, 3.63) is 55.1 Å². The van der Waals surface area contributed by atoms with Gasteiger partial charge in [-0.25, -0.2) is 0 Å². The van der Waals surface area contributed by atoms with Crippen molar-refractivity contribution in [3.63, 3.8) is 0 Å². The van der Waals surface area contributed by atoms with Gasteiger partial charge in [-0.15, -0.1) is 0 Å². The minimum atomic E-state index is 1.06. The van der Waals surface area contributed by atoms with Gasteiger partial charge in [0.1, 0.15) is 0 Å². The van der Waals surface area contributed by atoms with Crippen LogP contribution in [0.2, 0.25) is 0 Å². The predicted octanol–water partition coefficient (Wildman–Crippen LogP) is 4.79. The molecule has 0 bridgehead atoms. The first-order chi connectivity index (χ1) is 8.33. The molecule has 0 heterocycles.